The minimum atomic E-state index is -0.217. The van der Waals surface area contributed by atoms with Gasteiger partial charge in [-0.2, -0.15) is 5.10 Å². The topological polar surface area (TPSA) is 43.8 Å². The van der Waals surface area contributed by atoms with Crippen molar-refractivity contribution in [2.75, 3.05) is 6.54 Å². The summed E-state index contributed by atoms with van der Waals surface area (Å²) in [5.74, 6) is 0.0402. The molecular formula is C16H21ClFN3. The SMILES string of the molecule is CCc1nn(C)c(CC(CN)Cc2ccc(F)cc2)c1Cl. The molecule has 2 aromatic rings. The van der Waals surface area contributed by atoms with Gasteiger partial charge in [-0.05, 0) is 49.4 Å². The van der Waals surface area contributed by atoms with Crippen LogP contribution in [0.3, 0.4) is 0 Å². The number of aryl methyl sites for hydroxylation is 2. The van der Waals surface area contributed by atoms with Crippen LogP contribution in [0.25, 0.3) is 0 Å². The van der Waals surface area contributed by atoms with Gasteiger partial charge in [0.25, 0.3) is 0 Å². The Balaban J connectivity index is 2.12. The molecule has 0 aliphatic heterocycles. The third-order valence-electron chi connectivity index (χ3n) is 3.76. The number of rotatable bonds is 6. The lowest BCUT2D eigenvalue weighted by molar-refractivity contribution is 0.510. The van der Waals surface area contributed by atoms with Crippen LogP contribution < -0.4 is 5.73 Å². The van der Waals surface area contributed by atoms with E-state index in [9.17, 15) is 4.39 Å². The van der Waals surface area contributed by atoms with Crippen molar-refractivity contribution < 1.29 is 4.39 Å². The third-order valence-corrected chi connectivity index (χ3v) is 4.19. The second kappa shape index (κ2) is 7.05. The summed E-state index contributed by atoms with van der Waals surface area (Å²) in [5, 5.41) is 5.18. The first-order valence-corrected chi connectivity index (χ1v) is 7.57. The Bertz CT molecular complexity index is 592. The number of nitrogens with two attached hydrogens (primary N) is 1. The molecule has 0 bridgehead atoms. The van der Waals surface area contributed by atoms with E-state index in [0.717, 1.165) is 41.2 Å². The lowest BCUT2D eigenvalue weighted by Gasteiger charge is -2.15. The van der Waals surface area contributed by atoms with Gasteiger partial charge in [0.15, 0.2) is 0 Å². The molecule has 0 saturated carbocycles. The summed E-state index contributed by atoms with van der Waals surface area (Å²) in [6.07, 6.45) is 2.40. The zero-order valence-corrected chi connectivity index (χ0v) is 13.2. The maximum Gasteiger partial charge on any atom is 0.123 e. The van der Waals surface area contributed by atoms with Crippen LogP contribution in [0, 0.1) is 11.7 Å². The van der Waals surface area contributed by atoms with Gasteiger partial charge in [0, 0.05) is 7.05 Å². The van der Waals surface area contributed by atoms with Crippen LogP contribution in [0.4, 0.5) is 4.39 Å². The van der Waals surface area contributed by atoms with Crippen molar-refractivity contribution in [3.05, 3.63) is 52.1 Å². The molecule has 0 fully saturated rings. The fraction of sp³-hybridized carbons (Fsp3) is 0.438. The van der Waals surface area contributed by atoms with Gasteiger partial charge in [-0.1, -0.05) is 30.7 Å². The molecule has 2 rings (SSSR count). The van der Waals surface area contributed by atoms with Crippen molar-refractivity contribution >= 4 is 11.6 Å². The molecule has 0 spiro atoms. The molecule has 0 radical (unpaired) electrons. The molecular weight excluding hydrogens is 289 g/mol. The van der Waals surface area contributed by atoms with E-state index >= 15 is 0 Å². The van der Waals surface area contributed by atoms with Gasteiger partial charge in [0.2, 0.25) is 0 Å². The Kier molecular flexibility index (Phi) is 5.37. The van der Waals surface area contributed by atoms with E-state index in [2.05, 4.69) is 5.10 Å². The van der Waals surface area contributed by atoms with E-state index in [-0.39, 0.29) is 11.7 Å². The number of hydrogen-bond donors (Lipinski definition) is 1. The van der Waals surface area contributed by atoms with Crippen molar-refractivity contribution in [2.24, 2.45) is 18.7 Å². The molecule has 1 atom stereocenters. The van der Waals surface area contributed by atoms with Crippen molar-refractivity contribution in [3.63, 3.8) is 0 Å². The van der Waals surface area contributed by atoms with Gasteiger partial charge >= 0.3 is 0 Å². The van der Waals surface area contributed by atoms with E-state index in [1.165, 1.54) is 12.1 Å². The van der Waals surface area contributed by atoms with Crippen LogP contribution in [0.5, 0.6) is 0 Å². The van der Waals surface area contributed by atoms with Crippen LogP contribution in [-0.4, -0.2) is 16.3 Å². The normalized spacial score (nSPS) is 12.6. The van der Waals surface area contributed by atoms with Crippen LogP contribution in [0.15, 0.2) is 24.3 Å². The lowest BCUT2D eigenvalue weighted by atomic mass is 9.94. The molecule has 0 amide bonds. The van der Waals surface area contributed by atoms with Crippen LogP contribution >= 0.6 is 11.6 Å². The number of halogens is 2. The van der Waals surface area contributed by atoms with Gasteiger partial charge in [-0.15, -0.1) is 0 Å². The lowest BCUT2D eigenvalue weighted by Crippen LogP contribution is -2.20. The second-order valence-corrected chi connectivity index (χ2v) is 5.70. The van der Waals surface area contributed by atoms with Gasteiger partial charge in [0.1, 0.15) is 5.82 Å². The number of hydrogen-bond acceptors (Lipinski definition) is 2. The largest absolute Gasteiger partial charge is 0.330 e. The van der Waals surface area contributed by atoms with Crippen LogP contribution in [0.1, 0.15) is 23.9 Å². The van der Waals surface area contributed by atoms with Crippen molar-refractivity contribution in [3.8, 4) is 0 Å². The molecule has 5 heteroatoms. The average Bonchev–Trinajstić information content (AvgIpc) is 2.75. The minimum absolute atomic E-state index is 0.217. The summed E-state index contributed by atoms with van der Waals surface area (Å²) < 4.78 is 14.8. The molecule has 114 valence electrons. The summed E-state index contributed by atoms with van der Waals surface area (Å²) in [5.41, 5.74) is 8.92. The Morgan fingerprint density at radius 1 is 1.29 bits per heavy atom. The number of benzene rings is 1. The van der Waals surface area contributed by atoms with Gasteiger partial charge in [-0.3, -0.25) is 4.68 Å². The smallest absolute Gasteiger partial charge is 0.123 e. The molecule has 0 saturated heterocycles. The van der Waals surface area contributed by atoms with Crippen molar-refractivity contribution in [2.45, 2.75) is 26.2 Å². The highest BCUT2D eigenvalue weighted by molar-refractivity contribution is 6.31. The van der Waals surface area contributed by atoms with Crippen molar-refractivity contribution in [1.82, 2.24) is 9.78 Å². The highest BCUT2D eigenvalue weighted by Crippen LogP contribution is 2.24. The van der Waals surface area contributed by atoms with E-state index in [4.69, 9.17) is 17.3 Å². The fourth-order valence-electron chi connectivity index (χ4n) is 2.51. The summed E-state index contributed by atoms with van der Waals surface area (Å²) in [6.45, 7) is 2.59. The van der Waals surface area contributed by atoms with Crippen molar-refractivity contribution in [1.29, 1.82) is 0 Å². The highest BCUT2D eigenvalue weighted by Gasteiger charge is 2.17. The van der Waals surface area contributed by atoms with E-state index in [0.29, 0.717) is 6.54 Å². The van der Waals surface area contributed by atoms with E-state index < -0.39 is 0 Å². The first-order chi connectivity index (χ1) is 10.0. The van der Waals surface area contributed by atoms with Gasteiger partial charge < -0.3 is 5.73 Å². The van der Waals surface area contributed by atoms with Crippen LogP contribution in [0.2, 0.25) is 5.02 Å². The molecule has 0 aliphatic carbocycles. The average molecular weight is 310 g/mol. The van der Waals surface area contributed by atoms with E-state index in [1.54, 1.807) is 12.1 Å². The highest BCUT2D eigenvalue weighted by atomic mass is 35.5. The summed E-state index contributed by atoms with van der Waals surface area (Å²) >= 11 is 6.38. The molecule has 1 heterocycles. The maximum absolute atomic E-state index is 12.9. The molecule has 2 N–H and O–H groups in total. The Labute approximate surface area is 129 Å². The number of aromatic nitrogens is 2. The Morgan fingerprint density at radius 3 is 2.48 bits per heavy atom. The quantitative estimate of drug-likeness (QED) is 0.891. The molecule has 1 unspecified atom stereocenters. The first-order valence-electron chi connectivity index (χ1n) is 7.19. The zero-order valence-electron chi connectivity index (χ0n) is 12.4. The van der Waals surface area contributed by atoms with E-state index in [1.807, 2.05) is 18.7 Å². The molecule has 1 aromatic carbocycles. The number of nitrogens with zero attached hydrogens (tertiary/aromatic N) is 2. The summed E-state index contributed by atoms with van der Waals surface area (Å²) in [7, 11) is 1.91. The first kappa shape index (κ1) is 16.0. The predicted molar refractivity (Wildman–Crippen MR) is 83.9 cm³/mol. The summed E-state index contributed by atoms with van der Waals surface area (Å²) in [6, 6.07) is 6.57. The summed E-state index contributed by atoms with van der Waals surface area (Å²) in [4.78, 5) is 0. The van der Waals surface area contributed by atoms with Crippen LogP contribution in [-0.2, 0) is 26.3 Å². The zero-order chi connectivity index (χ0) is 15.4. The third kappa shape index (κ3) is 3.83. The monoisotopic (exact) mass is 309 g/mol. The van der Waals surface area contributed by atoms with Gasteiger partial charge in [0.05, 0.1) is 16.4 Å². The molecule has 21 heavy (non-hydrogen) atoms. The fourth-order valence-corrected chi connectivity index (χ4v) is 2.88. The molecule has 3 nitrogen and oxygen atoms in total. The Hall–Kier alpha value is -1.39. The molecule has 0 aliphatic rings. The Morgan fingerprint density at radius 2 is 1.95 bits per heavy atom. The predicted octanol–water partition coefficient (Wildman–Crippen LogP) is 3.14. The standard InChI is InChI=1S/C16H21ClFN3/c1-3-14-16(17)15(21(2)20-14)9-12(10-19)8-11-4-6-13(18)7-5-11/h4-7,12H,3,8-10,19H2,1-2H3. The van der Waals surface area contributed by atoms with Gasteiger partial charge in [-0.25, -0.2) is 4.39 Å². The minimum Gasteiger partial charge on any atom is -0.330 e. The maximum atomic E-state index is 12.9. The molecule has 1 aromatic heterocycles. The second-order valence-electron chi connectivity index (χ2n) is 5.32.